The van der Waals surface area contributed by atoms with Gasteiger partial charge in [-0.2, -0.15) is 26.3 Å². The number of hydrogen-bond donors (Lipinski definition) is 0. The van der Waals surface area contributed by atoms with Crippen molar-refractivity contribution in [3.8, 4) is 0 Å². The van der Waals surface area contributed by atoms with Crippen LogP contribution >= 0.6 is 0 Å². The van der Waals surface area contributed by atoms with Crippen LogP contribution in [0.25, 0.3) is 0 Å². The minimum absolute atomic E-state index is 0.0217. The Labute approximate surface area is 88.2 Å². The molecule has 0 atom stereocenters. The zero-order valence-electron chi connectivity index (χ0n) is 8.45. The Bertz CT molecular complexity index is 245. The van der Waals surface area contributed by atoms with Crippen LogP contribution in [0.15, 0.2) is 0 Å². The van der Waals surface area contributed by atoms with Crippen molar-refractivity contribution in [2.24, 2.45) is 0 Å². The van der Waals surface area contributed by atoms with Gasteiger partial charge in [-0.15, -0.1) is 0 Å². The van der Waals surface area contributed by atoms with Crippen LogP contribution in [0, 0.1) is 0 Å². The summed E-state index contributed by atoms with van der Waals surface area (Å²) >= 11 is 0. The molecule has 96 valence electrons. The van der Waals surface area contributed by atoms with Crippen LogP contribution < -0.4 is 0 Å². The molecular formula is C8H11F6NO. The number of alkyl halides is 6. The average molecular weight is 251 g/mol. The van der Waals surface area contributed by atoms with Gasteiger partial charge in [-0.25, -0.2) is 4.90 Å². The van der Waals surface area contributed by atoms with Crippen LogP contribution in [-0.2, 0) is 4.74 Å². The Balaban J connectivity index is 2.90. The normalized spacial score (nSPS) is 21.2. The Morgan fingerprint density at radius 1 is 0.938 bits per heavy atom. The number of hydrogen-bond acceptors (Lipinski definition) is 2. The first-order chi connectivity index (χ1) is 7.11. The van der Waals surface area contributed by atoms with Gasteiger partial charge < -0.3 is 4.74 Å². The van der Waals surface area contributed by atoms with Crippen LogP contribution in [0.4, 0.5) is 26.3 Å². The summed E-state index contributed by atoms with van der Waals surface area (Å²) in [6, 6.07) is -4.88. The second-order valence-electron chi connectivity index (χ2n) is 3.60. The molecule has 0 unspecified atom stereocenters. The lowest BCUT2D eigenvalue weighted by Crippen LogP contribution is -2.63. The van der Waals surface area contributed by atoms with Gasteiger partial charge in [0.05, 0.1) is 13.2 Å². The smallest absolute Gasteiger partial charge is 0.379 e. The highest BCUT2D eigenvalue weighted by Gasteiger charge is 2.71. The quantitative estimate of drug-likeness (QED) is 0.563. The molecular weight excluding hydrogens is 240 g/mol. The summed E-state index contributed by atoms with van der Waals surface area (Å²) < 4.78 is 81.9. The molecule has 0 amide bonds. The van der Waals surface area contributed by atoms with Crippen molar-refractivity contribution < 1.29 is 31.1 Å². The van der Waals surface area contributed by atoms with Crippen LogP contribution in [0.3, 0.4) is 0 Å². The molecule has 0 aromatic rings. The van der Waals surface area contributed by atoms with Crippen molar-refractivity contribution in [3.05, 3.63) is 0 Å². The highest BCUT2D eigenvalue weighted by molar-refractivity contribution is 4.94. The lowest BCUT2D eigenvalue weighted by molar-refractivity contribution is -0.355. The van der Waals surface area contributed by atoms with Crippen LogP contribution in [-0.4, -0.2) is 49.1 Å². The van der Waals surface area contributed by atoms with Crippen molar-refractivity contribution in [2.45, 2.75) is 24.8 Å². The molecule has 0 radical (unpaired) electrons. The van der Waals surface area contributed by atoms with Crippen molar-refractivity contribution >= 4 is 0 Å². The second kappa shape index (κ2) is 4.06. The number of rotatable bonds is 3. The van der Waals surface area contributed by atoms with Gasteiger partial charge in [-0.1, -0.05) is 0 Å². The zero-order valence-corrected chi connectivity index (χ0v) is 8.45. The first-order valence-electron chi connectivity index (χ1n) is 4.57. The Hall–Kier alpha value is -0.500. The van der Waals surface area contributed by atoms with E-state index in [1.165, 1.54) is 0 Å². The maximum Gasteiger partial charge on any atom is 0.386 e. The minimum Gasteiger partial charge on any atom is -0.379 e. The molecule has 2 nitrogen and oxygen atoms in total. The second-order valence-corrected chi connectivity index (χ2v) is 3.60. The van der Waals surface area contributed by atoms with Gasteiger partial charge in [-0.3, -0.25) is 0 Å². The molecule has 0 aliphatic carbocycles. The number of nitrogens with zero attached hydrogens (tertiary/aromatic N) is 1. The monoisotopic (exact) mass is 251 g/mol. The lowest BCUT2D eigenvalue weighted by Gasteiger charge is -2.39. The summed E-state index contributed by atoms with van der Waals surface area (Å²) in [6.07, 6.45) is 0. The summed E-state index contributed by atoms with van der Waals surface area (Å²) in [5.41, 5.74) is 0. The molecule has 1 aliphatic heterocycles. The highest BCUT2D eigenvalue weighted by Crippen LogP contribution is 2.47. The third kappa shape index (κ3) is 2.13. The van der Waals surface area contributed by atoms with E-state index in [1.54, 1.807) is 0 Å². The molecule has 1 fully saturated rings. The summed E-state index contributed by atoms with van der Waals surface area (Å²) in [7, 11) is 0. The van der Waals surface area contributed by atoms with Gasteiger partial charge in [0.1, 0.15) is 0 Å². The molecule has 0 bridgehead atoms. The highest BCUT2D eigenvalue weighted by atomic mass is 19.3. The molecule has 8 heteroatoms. The molecule has 0 spiro atoms. The topological polar surface area (TPSA) is 12.5 Å². The standard InChI is InChI=1S/C8H11F6NO/c1-6(9,10)7(11,12)8(13,14)15-2-4-16-5-3-15/h2-5H2,1H3. The van der Waals surface area contributed by atoms with Gasteiger partial charge in [0.25, 0.3) is 0 Å². The number of halogens is 6. The van der Waals surface area contributed by atoms with Crippen LogP contribution in [0.2, 0.25) is 0 Å². The first-order valence-corrected chi connectivity index (χ1v) is 4.57. The molecule has 1 saturated heterocycles. The van der Waals surface area contributed by atoms with E-state index in [-0.39, 0.29) is 25.0 Å². The zero-order chi connectivity index (χ0) is 12.6. The molecule has 0 saturated carbocycles. The Kier molecular flexibility index (Phi) is 3.45. The fourth-order valence-electron chi connectivity index (χ4n) is 1.31. The molecule has 0 N–H and O–H groups in total. The SMILES string of the molecule is CC(F)(F)C(F)(F)C(F)(F)N1CCOCC1. The molecule has 16 heavy (non-hydrogen) atoms. The largest absolute Gasteiger partial charge is 0.386 e. The maximum atomic E-state index is 13.2. The van der Waals surface area contributed by atoms with E-state index in [9.17, 15) is 26.3 Å². The van der Waals surface area contributed by atoms with E-state index in [0.717, 1.165) is 0 Å². The molecule has 1 heterocycles. The van der Waals surface area contributed by atoms with Crippen LogP contribution in [0.1, 0.15) is 6.92 Å². The fourth-order valence-corrected chi connectivity index (χ4v) is 1.31. The lowest BCUT2D eigenvalue weighted by atomic mass is 10.1. The fraction of sp³-hybridized carbons (Fsp3) is 1.00. The van der Waals surface area contributed by atoms with Crippen LogP contribution in [0.5, 0.6) is 0 Å². The minimum atomic E-state index is -5.41. The molecule has 0 aromatic heterocycles. The summed E-state index contributed by atoms with van der Waals surface area (Å²) in [6.45, 7) is -1.58. The Morgan fingerprint density at radius 2 is 1.38 bits per heavy atom. The van der Waals surface area contributed by atoms with E-state index in [1.807, 2.05) is 0 Å². The van der Waals surface area contributed by atoms with Crippen molar-refractivity contribution in [1.29, 1.82) is 0 Å². The molecule has 0 aromatic carbocycles. The maximum absolute atomic E-state index is 13.2. The average Bonchev–Trinajstić information content (AvgIpc) is 2.17. The summed E-state index contributed by atoms with van der Waals surface area (Å²) in [5, 5.41) is 0. The third-order valence-electron chi connectivity index (χ3n) is 2.34. The molecule has 1 aliphatic rings. The summed E-state index contributed by atoms with van der Waals surface area (Å²) in [4.78, 5) is 0.0217. The number of ether oxygens (including phenoxy) is 1. The first kappa shape index (κ1) is 13.6. The van der Waals surface area contributed by atoms with Crippen molar-refractivity contribution in [2.75, 3.05) is 26.3 Å². The van der Waals surface area contributed by atoms with E-state index in [4.69, 9.17) is 0 Å². The van der Waals surface area contributed by atoms with Gasteiger partial charge in [-0.05, 0) is 0 Å². The van der Waals surface area contributed by atoms with E-state index >= 15 is 0 Å². The summed E-state index contributed by atoms with van der Waals surface area (Å²) in [5.74, 6) is -10.2. The van der Waals surface area contributed by atoms with Gasteiger partial charge >= 0.3 is 17.9 Å². The van der Waals surface area contributed by atoms with Gasteiger partial charge in [0.2, 0.25) is 0 Å². The van der Waals surface area contributed by atoms with E-state index < -0.39 is 31.0 Å². The predicted octanol–water partition coefficient (Wildman–Crippen LogP) is 2.20. The number of morpholine rings is 1. The molecule has 1 rings (SSSR count). The third-order valence-corrected chi connectivity index (χ3v) is 2.34. The van der Waals surface area contributed by atoms with E-state index in [2.05, 4.69) is 4.74 Å². The van der Waals surface area contributed by atoms with Crippen molar-refractivity contribution in [1.82, 2.24) is 4.90 Å². The predicted molar refractivity (Wildman–Crippen MR) is 42.9 cm³/mol. The van der Waals surface area contributed by atoms with Crippen molar-refractivity contribution in [3.63, 3.8) is 0 Å². The Morgan fingerprint density at radius 3 is 1.75 bits per heavy atom. The van der Waals surface area contributed by atoms with Gasteiger partial charge in [0.15, 0.2) is 0 Å². The van der Waals surface area contributed by atoms with Gasteiger partial charge in [0, 0.05) is 20.0 Å². The van der Waals surface area contributed by atoms with E-state index in [0.29, 0.717) is 0 Å².